The minimum atomic E-state index is 0.417. The highest BCUT2D eigenvalue weighted by Gasteiger charge is 2.13. The predicted octanol–water partition coefficient (Wildman–Crippen LogP) is 3.17. The van der Waals surface area contributed by atoms with Crippen LogP contribution < -0.4 is 15.8 Å². The van der Waals surface area contributed by atoms with Crippen molar-refractivity contribution in [3.63, 3.8) is 0 Å². The molecule has 1 aliphatic rings. The molecule has 3 N–H and O–H groups in total. The van der Waals surface area contributed by atoms with E-state index in [9.17, 15) is 0 Å². The molecule has 0 radical (unpaired) electrons. The molecule has 1 atom stereocenters. The van der Waals surface area contributed by atoms with Gasteiger partial charge in [0.1, 0.15) is 11.5 Å². The Hall–Kier alpha value is -2.57. The Labute approximate surface area is 161 Å². The molecule has 1 heterocycles. The molecule has 0 amide bonds. The molecule has 0 aliphatic carbocycles. The average Bonchev–Trinajstić information content (AvgIpc) is 2.68. The van der Waals surface area contributed by atoms with Crippen LogP contribution in [-0.4, -0.2) is 50.3 Å². The standard InChI is InChI=1S/C21H28N4O2/c1-17(16-25-10-12-26-13-11-25)15-23-21(22)24-18-6-5-9-20(14-18)27-19-7-3-2-4-8-19/h2-9,14,17H,10-13,15-16H2,1H3,(H3,22,23,24). The van der Waals surface area contributed by atoms with Crippen molar-refractivity contribution in [3.05, 3.63) is 54.6 Å². The lowest BCUT2D eigenvalue weighted by Gasteiger charge is -2.28. The summed E-state index contributed by atoms with van der Waals surface area (Å²) in [7, 11) is 0. The van der Waals surface area contributed by atoms with Crippen molar-refractivity contribution < 1.29 is 9.47 Å². The zero-order chi connectivity index (χ0) is 18.9. The number of nitrogens with one attached hydrogen (secondary N) is 1. The van der Waals surface area contributed by atoms with E-state index >= 15 is 0 Å². The maximum Gasteiger partial charge on any atom is 0.193 e. The number of para-hydroxylation sites is 1. The van der Waals surface area contributed by atoms with Gasteiger partial charge in [-0.2, -0.15) is 0 Å². The van der Waals surface area contributed by atoms with Crippen molar-refractivity contribution in [3.8, 4) is 11.5 Å². The van der Waals surface area contributed by atoms with E-state index in [0.717, 1.165) is 50.0 Å². The van der Waals surface area contributed by atoms with E-state index in [-0.39, 0.29) is 0 Å². The van der Waals surface area contributed by atoms with Gasteiger partial charge in [0.25, 0.3) is 0 Å². The lowest BCUT2D eigenvalue weighted by atomic mass is 10.1. The van der Waals surface area contributed by atoms with Crippen LogP contribution in [-0.2, 0) is 4.74 Å². The summed E-state index contributed by atoms with van der Waals surface area (Å²) in [5.41, 5.74) is 6.91. The van der Waals surface area contributed by atoms with Gasteiger partial charge in [0.2, 0.25) is 0 Å². The number of hydrogen-bond acceptors (Lipinski definition) is 4. The number of rotatable bonds is 7. The van der Waals surface area contributed by atoms with Gasteiger partial charge < -0.3 is 20.5 Å². The fraction of sp³-hybridized carbons (Fsp3) is 0.381. The quantitative estimate of drug-likeness (QED) is 0.580. The lowest BCUT2D eigenvalue weighted by molar-refractivity contribution is 0.0323. The molecule has 1 aliphatic heterocycles. The molecular weight excluding hydrogens is 340 g/mol. The molecule has 1 saturated heterocycles. The zero-order valence-corrected chi connectivity index (χ0v) is 15.8. The molecule has 0 aromatic heterocycles. The number of hydrogen-bond donors (Lipinski definition) is 2. The number of aliphatic imine (C=N–C) groups is 1. The summed E-state index contributed by atoms with van der Waals surface area (Å²) in [6.45, 7) is 7.53. The molecule has 6 nitrogen and oxygen atoms in total. The first-order chi connectivity index (χ1) is 13.2. The second-order valence-electron chi connectivity index (χ2n) is 6.81. The number of ether oxygens (including phenoxy) is 2. The van der Waals surface area contributed by atoms with Crippen molar-refractivity contribution in [1.82, 2.24) is 4.90 Å². The third-order valence-electron chi connectivity index (χ3n) is 4.33. The van der Waals surface area contributed by atoms with Crippen LogP contribution in [0.1, 0.15) is 6.92 Å². The summed E-state index contributed by atoms with van der Waals surface area (Å²) in [5.74, 6) is 2.41. The number of benzene rings is 2. The van der Waals surface area contributed by atoms with Crippen LogP contribution in [0, 0.1) is 5.92 Å². The summed E-state index contributed by atoms with van der Waals surface area (Å²) < 4.78 is 11.2. The van der Waals surface area contributed by atoms with Crippen molar-refractivity contribution >= 4 is 11.6 Å². The van der Waals surface area contributed by atoms with E-state index < -0.39 is 0 Å². The highest BCUT2D eigenvalue weighted by Crippen LogP contribution is 2.23. The molecule has 2 aromatic carbocycles. The predicted molar refractivity (Wildman–Crippen MR) is 109 cm³/mol. The number of morpholine rings is 1. The summed E-state index contributed by atoms with van der Waals surface area (Å²) in [6, 6.07) is 17.4. The lowest BCUT2D eigenvalue weighted by Crippen LogP contribution is -2.39. The van der Waals surface area contributed by atoms with Crippen molar-refractivity contribution in [2.45, 2.75) is 6.92 Å². The second kappa shape index (κ2) is 9.94. The number of guanidine groups is 1. The molecule has 0 saturated carbocycles. The smallest absolute Gasteiger partial charge is 0.193 e. The molecule has 0 bridgehead atoms. The Morgan fingerprint density at radius 1 is 1.15 bits per heavy atom. The number of nitrogens with two attached hydrogens (primary N) is 1. The summed E-state index contributed by atoms with van der Waals surface area (Å²) in [4.78, 5) is 6.90. The first kappa shape index (κ1) is 19.2. The van der Waals surface area contributed by atoms with Crippen molar-refractivity contribution in [1.29, 1.82) is 0 Å². The molecule has 1 unspecified atom stereocenters. The third kappa shape index (κ3) is 6.58. The molecule has 144 valence electrons. The SMILES string of the molecule is CC(CN=C(N)Nc1cccc(Oc2ccccc2)c1)CN1CCOCC1. The van der Waals surface area contributed by atoms with E-state index in [2.05, 4.69) is 22.1 Å². The Balaban J connectivity index is 1.50. The van der Waals surface area contributed by atoms with Crippen molar-refractivity contribution in [2.24, 2.45) is 16.6 Å². The van der Waals surface area contributed by atoms with E-state index in [1.807, 2.05) is 54.6 Å². The normalized spacial score (nSPS) is 16.7. The zero-order valence-electron chi connectivity index (χ0n) is 15.8. The van der Waals surface area contributed by atoms with Crippen LogP contribution in [0.3, 0.4) is 0 Å². The van der Waals surface area contributed by atoms with Crippen LogP contribution in [0.5, 0.6) is 11.5 Å². The molecule has 3 rings (SSSR count). The summed E-state index contributed by atoms with van der Waals surface area (Å²) >= 11 is 0. The monoisotopic (exact) mass is 368 g/mol. The maximum absolute atomic E-state index is 6.05. The first-order valence-corrected chi connectivity index (χ1v) is 9.39. The van der Waals surface area contributed by atoms with Gasteiger partial charge in [-0.05, 0) is 30.2 Å². The van der Waals surface area contributed by atoms with Gasteiger partial charge in [-0.1, -0.05) is 31.2 Å². The first-order valence-electron chi connectivity index (χ1n) is 9.39. The Kier molecular flexibility index (Phi) is 7.07. The summed E-state index contributed by atoms with van der Waals surface area (Å²) in [6.07, 6.45) is 0. The highest BCUT2D eigenvalue weighted by atomic mass is 16.5. The van der Waals surface area contributed by atoms with Crippen LogP contribution in [0.25, 0.3) is 0 Å². The third-order valence-corrected chi connectivity index (χ3v) is 4.33. The molecule has 0 spiro atoms. The Bertz CT molecular complexity index is 730. The Morgan fingerprint density at radius 3 is 2.67 bits per heavy atom. The van der Waals surface area contributed by atoms with E-state index in [0.29, 0.717) is 18.4 Å². The molecule has 2 aromatic rings. The van der Waals surface area contributed by atoms with Crippen LogP contribution in [0.15, 0.2) is 59.6 Å². The minimum absolute atomic E-state index is 0.417. The van der Waals surface area contributed by atoms with Gasteiger partial charge in [-0.15, -0.1) is 0 Å². The van der Waals surface area contributed by atoms with Gasteiger partial charge in [0, 0.05) is 37.9 Å². The topological polar surface area (TPSA) is 72.1 Å². The second-order valence-corrected chi connectivity index (χ2v) is 6.81. The minimum Gasteiger partial charge on any atom is -0.457 e. The molecule has 27 heavy (non-hydrogen) atoms. The van der Waals surface area contributed by atoms with E-state index in [4.69, 9.17) is 15.2 Å². The fourth-order valence-electron chi connectivity index (χ4n) is 2.99. The Morgan fingerprint density at radius 2 is 1.89 bits per heavy atom. The van der Waals surface area contributed by atoms with E-state index in [1.165, 1.54) is 0 Å². The number of anilines is 1. The number of nitrogens with zero attached hydrogens (tertiary/aromatic N) is 2. The van der Waals surface area contributed by atoms with Gasteiger partial charge in [0.05, 0.1) is 13.2 Å². The van der Waals surface area contributed by atoms with E-state index in [1.54, 1.807) is 0 Å². The van der Waals surface area contributed by atoms with Crippen molar-refractivity contribution in [2.75, 3.05) is 44.7 Å². The van der Waals surface area contributed by atoms with Crippen LogP contribution >= 0.6 is 0 Å². The van der Waals surface area contributed by atoms with Gasteiger partial charge in [0.15, 0.2) is 5.96 Å². The van der Waals surface area contributed by atoms with Gasteiger partial charge in [-0.3, -0.25) is 9.89 Å². The van der Waals surface area contributed by atoms with Gasteiger partial charge >= 0.3 is 0 Å². The molecular formula is C21H28N4O2. The molecule has 1 fully saturated rings. The summed E-state index contributed by atoms with van der Waals surface area (Å²) in [5, 5.41) is 3.14. The molecule has 6 heteroatoms. The van der Waals surface area contributed by atoms with Crippen LogP contribution in [0.2, 0.25) is 0 Å². The largest absolute Gasteiger partial charge is 0.457 e. The maximum atomic E-state index is 6.05. The fourth-order valence-corrected chi connectivity index (χ4v) is 2.99. The van der Waals surface area contributed by atoms with Gasteiger partial charge in [-0.25, -0.2) is 0 Å². The average molecular weight is 368 g/mol. The highest BCUT2D eigenvalue weighted by molar-refractivity contribution is 5.92. The van der Waals surface area contributed by atoms with Crippen LogP contribution in [0.4, 0.5) is 5.69 Å².